The largest absolute Gasteiger partial charge is 0.309 e. The summed E-state index contributed by atoms with van der Waals surface area (Å²) in [6.45, 7) is 3.29. The Kier molecular flexibility index (Phi) is 2.79. The number of aryl methyl sites for hydroxylation is 1. The minimum Gasteiger partial charge on any atom is -0.309 e. The molecule has 2 aromatic heterocycles. The van der Waals surface area contributed by atoms with Crippen molar-refractivity contribution < 1.29 is 0 Å². The summed E-state index contributed by atoms with van der Waals surface area (Å²) >= 11 is 3.55. The van der Waals surface area contributed by atoms with E-state index in [-0.39, 0.29) is 0 Å². The van der Waals surface area contributed by atoms with E-state index in [1.165, 1.54) is 34.0 Å². The maximum atomic E-state index is 4.76. The predicted octanol–water partition coefficient (Wildman–Crippen LogP) is 3.60. The Hall–Kier alpha value is -0.710. The van der Waals surface area contributed by atoms with E-state index in [1.807, 2.05) is 0 Å². The smallest absolute Gasteiger partial charge is 0.133 e. The molecule has 2 aromatic rings. The molecule has 3 rings (SSSR count). The van der Waals surface area contributed by atoms with Crippen molar-refractivity contribution in [1.29, 1.82) is 0 Å². The summed E-state index contributed by atoms with van der Waals surface area (Å²) in [6, 6.07) is 2.65. The van der Waals surface area contributed by atoms with Crippen LogP contribution in [0.4, 0.5) is 0 Å². The summed E-state index contributed by atoms with van der Waals surface area (Å²) in [5.41, 5.74) is 2.57. The van der Waals surface area contributed by atoms with Crippen LogP contribution in [0.5, 0.6) is 0 Å². The van der Waals surface area contributed by atoms with Gasteiger partial charge in [0.25, 0.3) is 0 Å². The summed E-state index contributed by atoms with van der Waals surface area (Å²) < 4.78 is 0. The topological polar surface area (TPSA) is 24.9 Å². The quantitative estimate of drug-likeness (QED) is 0.881. The van der Waals surface area contributed by atoms with Crippen LogP contribution in [0.3, 0.4) is 0 Å². The molecule has 0 aliphatic carbocycles. The molecule has 1 saturated heterocycles. The summed E-state index contributed by atoms with van der Waals surface area (Å²) in [5, 5.41) is 9.02. The van der Waals surface area contributed by atoms with Crippen molar-refractivity contribution >= 4 is 22.7 Å². The Balaban J connectivity index is 1.90. The first-order valence-corrected chi connectivity index (χ1v) is 7.34. The van der Waals surface area contributed by atoms with Gasteiger partial charge in [0, 0.05) is 5.38 Å². The van der Waals surface area contributed by atoms with E-state index in [4.69, 9.17) is 4.98 Å². The van der Waals surface area contributed by atoms with Crippen molar-refractivity contribution in [2.24, 2.45) is 0 Å². The van der Waals surface area contributed by atoms with Gasteiger partial charge < -0.3 is 5.32 Å². The molecule has 16 heavy (non-hydrogen) atoms. The van der Waals surface area contributed by atoms with Crippen molar-refractivity contribution in [2.45, 2.75) is 25.8 Å². The highest BCUT2D eigenvalue weighted by Crippen LogP contribution is 2.34. The number of rotatable bonds is 2. The number of hydrogen-bond acceptors (Lipinski definition) is 4. The molecule has 1 fully saturated rings. The zero-order valence-corrected chi connectivity index (χ0v) is 10.8. The lowest BCUT2D eigenvalue weighted by atomic mass is 10.2. The van der Waals surface area contributed by atoms with Crippen LogP contribution >= 0.6 is 22.7 Å². The van der Waals surface area contributed by atoms with Crippen LogP contribution in [-0.2, 0) is 0 Å². The van der Waals surface area contributed by atoms with Gasteiger partial charge in [0.15, 0.2) is 0 Å². The van der Waals surface area contributed by atoms with Gasteiger partial charge in [-0.2, -0.15) is 0 Å². The maximum absolute atomic E-state index is 4.76. The Bertz CT molecular complexity index is 481. The van der Waals surface area contributed by atoms with Gasteiger partial charge in [-0.3, -0.25) is 0 Å². The lowest BCUT2D eigenvalue weighted by molar-refractivity contribution is 0.632. The molecule has 3 heterocycles. The van der Waals surface area contributed by atoms with Gasteiger partial charge >= 0.3 is 0 Å². The van der Waals surface area contributed by atoms with Crippen LogP contribution in [0, 0.1) is 6.92 Å². The SMILES string of the molecule is Cc1ccsc1-c1nc(C2CCCN2)cs1. The average Bonchev–Trinajstić information content (AvgIpc) is 2.96. The Morgan fingerprint density at radius 2 is 2.38 bits per heavy atom. The van der Waals surface area contributed by atoms with E-state index < -0.39 is 0 Å². The van der Waals surface area contributed by atoms with E-state index in [0.717, 1.165) is 6.54 Å². The first kappa shape index (κ1) is 10.4. The van der Waals surface area contributed by atoms with Crippen molar-refractivity contribution in [3.63, 3.8) is 0 Å². The molecule has 2 nitrogen and oxygen atoms in total. The van der Waals surface area contributed by atoms with Crippen molar-refractivity contribution in [1.82, 2.24) is 10.3 Å². The third kappa shape index (κ3) is 1.81. The van der Waals surface area contributed by atoms with Gasteiger partial charge in [-0.25, -0.2) is 4.98 Å². The van der Waals surface area contributed by atoms with Gasteiger partial charge in [-0.05, 0) is 43.3 Å². The Morgan fingerprint density at radius 3 is 3.06 bits per heavy atom. The maximum Gasteiger partial charge on any atom is 0.133 e. The zero-order valence-electron chi connectivity index (χ0n) is 9.19. The molecule has 1 N–H and O–H groups in total. The zero-order chi connectivity index (χ0) is 11.0. The summed E-state index contributed by atoms with van der Waals surface area (Å²) in [7, 11) is 0. The normalized spacial score (nSPS) is 20.4. The monoisotopic (exact) mass is 250 g/mol. The highest BCUT2D eigenvalue weighted by Gasteiger charge is 2.19. The summed E-state index contributed by atoms with van der Waals surface area (Å²) in [5.74, 6) is 0. The fourth-order valence-corrected chi connectivity index (χ4v) is 4.05. The molecule has 1 aliphatic heterocycles. The molecular formula is C12H14N2S2. The lowest BCUT2D eigenvalue weighted by Crippen LogP contribution is -2.12. The highest BCUT2D eigenvalue weighted by molar-refractivity contribution is 7.20. The number of thiazole rings is 1. The molecule has 0 saturated carbocycles. The molecule has 1 aliphatic rings. The minimum absolute atomic E-state index is 0.491. The van der Waals surface area contributed by atoms with E-state index in [0.29, 0.717) is 6.04 Å². The van der Waals surface area contributed by atoms with Gasteiger partial charge in [0.2, 0.25) is 0 Å². The number of hydrogen-bond donors (Lipinski definition) is 1. The van der Waals surface area contributed by atoms with Crippen molar-refractivity contribution in [3.05, 3.63) is 28.1 Å². The second-order valence-electron chi connectivity index (χ2n) is 4.16. The van der Waals surface area contributed by atoms with Gasteiger partial charge in [-0.15, -0.1) is 22.7 Å². The van der Waals surface area contributed by atoms with Gasteiger partial charge in [0.1, 0.15) is 5.01 Å². The molecule has 0 amide bonds. The molecule has 84 valence electrons. The van der Waals surface area contributed by atoms with Crippen LogP contribution in [0.25, 0.3) is 9.88 Å². The van der Waals surface area contributed by atoms with Gasteiger partial charge in [0.05, 0.1) is 16.6 Å². The van der Waals surface area contributed by atoms with Crippen LogP contribution in [0.1, 0.15) is 30.1 Å². The molecule has 0 spiro atoms. The van der Waals surface area contributed by atoms with E-state index >= 15 is 0 Å². The lowest BCUT2D eigenvalue weighted by Gasteiger charge is -2.04. The second-order valence-corrected chi connectivity index (χ2v) is 5.93. The number of nitrogens with one attached hydrogen (secondary N) is 1. The molecule has 1 atom stereocenters. The van der Waals surface area contributed by atoms with E-state index in [9.17, 15) is 0 Å². The third-order valence-corrected chi connectivity index (χ3v) is 5.03. The summed E-state index contributed by atoms with van der Waals surface area (Å²) in [4.78, 5) is 6.09. The van der Waals surface area contributed by atoms with E-state index in [2.05, 4.69) is 29.1 Å². The van der Waals surface area contributed by atoms with Crippen LogP contribution in [-0.4, -0.2) is 11.5 Å². The fraction of sp³-hybridized carbons (Fsp3) is 0.417. The summed E-state index contributed by atoms with van der Waals surface area (Å²) in [6.07, 6.45) is 2.50. The number of thiophene rings is 1. The first-order valence-electron chi connectivity index (χ1n) is 5.58. The Labute approximate surface area is 103 Å². The molecule has 0 bridgehead atoms. The molecule has 1 unspecified atom stereocenters. The number of nitrogens with zero attached hydrogens (tertiary/aromatic N) is 1. The van der Waals surface area contributed by atoms with Crippen LogP contribution < -0.4 is 5.32 Å². The Morgan fingerprint density at radius 1 is 1.44 bits per heavy atom. The second kappa shape index (κ2) is 4.28. The van der Waals surface area contributed by atoms with E-state index in [1.54, 1.807) is 22.7 Å². The molecule has 4 heteroatoms. The highest BCUT2D eigenvalue weighted by atomic mass is 32.1. The standard InChI is InChI=1S/C12H14N2S2/c1-8-4-6-15-11(8)12-14-10(7-16-12)9-3-2-5-13-9/h4,6-7,9,13H,2-3,5H2,1H3. The minimum atomic E-state index is 0.491. The third-order valence-electron chi connectivity index (χ3n) is 3.00. The molecule has 0 radical (unpaired) electrons. The van der Waals surface area contributed by atoms with Gasteiger partial charge in [-0.1, -0.05) is 0 Å². The van der Waals surface area contributed by atoms with Crippen LogP contribution in [0.2, 0.25) is 0 Å². The fourth-order valence-electron chi connectivity index (χ4n) is 2.08. The predicted molar refractivity (Wildman–Crippen MR) is 70.1 cm³/mol. The van der Waals surface area contributed by atoms with Crippen LogP contribution in [0.15, 0.2) is 16.8 Å². The number of aromatic nitrogens is 1. The van der Waals surface area contributed by atoms with Crippen molar-refractivity contribution in [2.75, 3.05) is 6.54 Å². The van der Waals surface area contributed by atoms with Crippen molar-refractivity contribution in [3.8, 4) is 9.88 Å². The molecular weight excluding hydrogens is 236 g/mol. The first-order chi connectivity index (χ1) is 7.84. The molecule has 0 aromatic carbocycles. The average molecular weight is 250 g/mol.